The number of nitrogens with zero attached hydrogens (tertiary/aromatic N) is 4. The molecule has 0 bridgehead atoms. The Morgan fingerprint density at radius 2 is 1.66 bits per heavy atom. The van der Waals surface area contributed by atoms with Gasteiger partial charge in [0.1, 0.15) is 5.75 Å². The highest BCUT2D eigenvalue weighted by Gasteiger charge is 2.23. The fourth-order valence-corrected chi connectivity index (χ4v) is 3.82. The van der Waals surface area contributed by atoms with E-state index < -0.39 is 0 Å². The van der Waals surface area contributed by atoms with Gasteiger partial charge in [-0.2, -0.15) is 5.10 Å². The Hall–Kier alpha value is -3.28. The first-order valence-electron chi connectivity index (χ1n) is 9.87. The average Bonchev–Trinajstić information content (AvgIpc) is 3.11. The van der Waals surface area contributed by atoms with Gasteiger partial charge >= 0.3 is 0 Å². The number of carbonyl (C=O) groups excluding carboxylic acids is 1. The van der Waals surface area contributed by atoms with Gasteiger partial charge in [-0.3, -0.25) is 4.79 Å². The van der Waals surface area contributed by atoms with Crippen LogP contribution in [0.5, 0.6) is 5.75 Å². The largest absolute Gasteiger partial charge is 0.497 e. The van der Waals surface area contributed by atoms with Gasteiger partial charge in [-0.25, -0.2) is 4.68 Å². The summed E-state index contributed by atoms with van der Waals surface area (Å²) < 4.78 is 7.20. The fraction of sp³-hybridized carbons (Fsp3) is 0.304. The number of aromatic nitrogens is 2. The van der Waals surface area contributed by atoms with Crippen molar-refractivity contribution in [2.75, 3.05) is 38.2 Å². The van der Waals surface area contributed by atoms with Crippen LogP contribution in [0.1, 0.15) is 21.7 Å². The minimum atomic E-state index is 0.0682. The van der Waals surface area contributed by atoms with Crippen LogP contribution >= 0.6 is 0 Å². The normalized spacial score (nSPS) is 14.2. The van der Waals surface area contributed by atoms with Gasteiger partial charge in [-0.1, -0.05) is 12.1 Å². The monoisotopic (exact) mass is 390 g/mol. The second-order valence-electron chi connectivity index (χ2n) is 7.37. The summed E-state index contributed by atoms with van der Waals surface area (Å²) in [7, 11) is 1.68. The van der Waals surface area contributed by atoms with Gasteiger partial charge in [0.15, 0.2) is 0 Å². The van der Waals surface area contributed by atoms with Crippen molar-refractivity contribution < 1.29 is 9.53 Å². The Bertz CT molecular complexity index is 1020. The minimum Gasteiger partial charge on any atom is -0.497 e. The van der Waals surface area contributed by atoms with Gasteiger partial charge in [0, 0.05) is 49.2 Å². The van der Waals surface area contributed by atoms with E-state index in [0.717, 1.165) is 41.6 Å². The van der Waals surface area contributed by atoms with Crippen LogP contribution in [0, 0.1) is 13.8 Å². The maximum absolute atomic E-state index is 13.1. The van der Waals surface area contributed by atoms with Crippen molar-refractivity contribution in [3.63, 3.8) is 0 Å². The summed E-state index contributed by atoms with van der Waals surface area (Å²) in [4.78, 5) is 17.3. The highest BCUT2D eigenvalue weighted by atomic mass is 16.5. The lowest BCUT2D eigenvalue weighted by atomic mass is 10.1. The van der Waals surface area contributed by atoms with Crippen LogP contribution in [0.25, 0.3) is 5.69 Å². The van der Waals surface area contributed by atoms with Gasteiger partial charge in [0.2, 0.25) is 0 Å². The van der Waals surface area contributed by atoms with E-state index in [-0.39, 0.29) is 5.91 Å². The number of ether oxygens (including phenoxy) is 1. The maximum atomic E-state index is 13.1. The number of methoxy groups -OCH3 is 1. The van der Waals surface area contributed by atoms with Crippen molar-refractivity contribution in [2.24, 2.45) is 0 Å². The van der Waals surface area contributed by atoms with E-state index in [1.54, 1.807) is 7.11 Å². The van der Waals surface area contributed by atoms with E-state index in [2.05, 4.69) is 16.1 Å². The van der Waals surface area contributed by atoms with Crippen molar-refractivity contribution in [3.8, 4) is 11.4 Å². The summed E-state index contributed by atoms with van der Waals surface area (Å²) in [6.07, 6.45) is 0. The summed E-state index contributed by atoms with van der Waals surface area (Å²) in [5, 5.41) is 4.53. The molecule has 0 spiro atoms. The topological polar surface area (TPSA) is 50.6 Å². The van der Waals surface area contributed by atoms with Gasteiger partial charge in [0.05, 0.1) is 18.5 Å². The quantitative estimate of drug-likeness (QED) is 0.685. The lowest BCUT2D eigenvalue weighted by Crippen LogP contribution is -2.48. The van der Waals surface area contributed by atoms with Crippen molar-refractivity contribution in [1.82, 2.24) is 14.7 Å². The van der Waals surface area contributed by atoms with E-state index in [0.29, 0.717) is 18.7 Å². The first kappa shape index (κ1) is 19.1. The molecule has 1 amide bonds. The zero-order chi connectivity index (χ0) is 20.4. The minimum absolute atomic E-state index is 0.0682. The molecule has 4 rings (SSSR count). The number of hydrogen-bond donors (Lipinski definition) is 0. The predicted octanol–water partition coefficient (Wildman–Crippen LogP) is 3.46. The molecule has 0 unspecified atom stereocenters. The third kappa shape index (κ3) is 3.97. The van der Waals surface area contributed by atoms with Crippen molar-refractivity contribution in [1.29, 1.82) is 0 Å². The van der Waals surface area contributed by atoms with Crippen LogP contribution in [0.2, 0.25) is 0 Å². The molecule has 0 aliphatic carbocycles. The summed E-state index contributed by atoms with van der Waals surface area (Å²) in [6.45, 7) is 6.99. The molecular weight excluding hydrogens is 364 g/mol. The SMILES string of the molecule is COc1cccc(N2CCN(C(=O)c3cccc(-n4nc(C)cc4C)c3)CC2)c1. The van der Waals surface area contributed by atoms with Crippen LogP contribution in [0.15, 0.2) is 54.6 Å². The molecule has 0 atom stereocenters. The lowest BCUT2D eigenvalue weighted by molar-refractivity contribution is 0.0746. The molecule has 150 valence electrons. The number of rotatable bonds is 4. The van der Waals surface area contributed by atoms with Gasteiger partial charge in [0.25, 0.3) is 5.91 Å². The summed E-state index contributed by atoms with van der Waals surface area (Å²) in [5.41, 5.74) is 4.76. The molecule has 1 fully saturated rings. The Labute approximate surface area is 171 Å². The van der Waals surface area contributed by atoms with Crippen LogP contribution in [-0.2, 0) is 0 Å². The molecule has 2 heterocycles. The smallest absolute Gasteiger partial charge is 0.254 e. The average molecular weight is 390 g/mol. The van der Waals surface area contributed by atoms with Crippen molar-refractivity contribution in [3.05, 3.63) is 71.5 Å². The molecule has 0 radical (unpaired) electrons. The molecule has 6 heteroatoms. The number of carbonyl (C=O) groups is 1. The molecular formula is C23H26N4O2. The zero-order valence-electron chi connectivity index (χ0n) is 17.1. The maximum Gasteiger partial charge on any atom is 0.254 e. The predicted molar refractivity (Wildman–Crippen MR) is 114 cm³/mol. The summed E-state index contributed by atoms with van der Waals surface area (Å²) in [6, 6.07) is 17.8. The summed E-state index contributed by atoms with van der Waals surface area (Å²) >= 11 is 0. The van der Waals surface area contributed by atoms with E-state index in [1.165, 1.54) is 0 Å². The molecule has 6 nitrogen and oxygen atoms in total. The highest BCUT2D eigenvalue weighted by Crippen LogP contribution is 2.23. The number of piperazine rings is 1. The first-order valence-corrected chi connectivity index (χ1v) is 9.87. The van der Waals surface area contributed by atoms with Crippen molar-refractivity contribution >= 4 is 11.6 Å². The molecule has 29 heavy (non-hydrogen) atoms. The Morgan fingerprint density at radius 3 is 2.34 bits per heavy atom. The van der Waals surface area contributed by atoms with Crippen LogP contribution < -0.4 is 9.64 Å². The number of amides is 1. The Morgan fingerprint density at radius 1 is 0.931 bits per heavy atom. The third-order valence-electron chi connectivity index (χ3n) is 5.33. The standard InChI is InChI=1S/C23H26N4O2/c1-17-14-18(2)27(24-17)21-8-4-6-19(15-21)23(28)26-12-10-25(11-13-26)20-7-5-9-22(16-20)29-3/h4-9,14-16H,10-13H2,1-3H3. The van der Waals surface area contributed by atoms with Crippen LogP contribution in [0.3, 0.4) is 0 Å². The number of aryl methyl sites for hydroxylation is 2. The molecule has 1 aromatic heterocycles. The third-order valence-corrected chi connectivity index (χ3v) is 5.33. The van der Waals surface area contributed by atoms with Gasteiger partial charge < -0.3 is 14.5 Å². The van der Waals surface area contributed by atoms with E-state index in [9.17, 15) is 4.79 Å². The van der Waals surface area contributed by atoms with E-state index in [1.807, 2.05) is 72.0 Å². The molecule has 1 aliphatic rings. The zero-order valence-corrected chi connectivity index (χ0v) is 17.1. The van der Waals surface area contributed by atoms with Gasteiger partial charge in [-0.05, 0) is 50.2 Å². The van der Waals surface area contributed by atoms with Crippen molar-refractivity contribution in [2.45, 2.75) is 13.8 Å². The fourth-order valence-electron chi connectivity index (χ4n) is 3.82. The second kappa shape index (κ2) is 7.99. The molecule has 1 saturated heterocycles. The van der Waals surface area contributed by atoms with Crippen LogP contribution in [-0.4, -0.2) is 53.9 Å². The molecule has 2 aromatic carbocycles. The molecule has 3 aromatic rings. The second-order valence-corrected chi connectivity index (χ2v) is 7.37. The van der Waals surface area contributed by atoms with Crippen LogP contribution in [0.4, 0.5) is 5.69 Å². The Kier molecular flexibility index (Phi) is 5.25. The lowest BCUT2D eigenvalue weighted by Gasteiger charge is -2.36. The molecule has 1 aliphatic heterocycles. The summed E-state index contributed by atoms with van der Waals surface area (Å²) in [5.74, 6) is 0.917. The highest BCUT2D eigenvalue weighted by molar-refractivity contribution is 5.95. The molecule has 0 N–H and O–H groups in total. The van der Waals surface area contributed by atoms with E-state index >= 15 is 0 Å². The number of benzene rings is 2. The Balaban J connectivity index is 1.46. The molecule has 0 saturated carbocycles. The number of anilines is 1. The first-order chi connectivity index (χ1) is 14.0. The van der Waals surface area contributed by atoms with Gasteiger partial charge in [-0.15, -0.1) is 0 Å². The van der Waals surface area contributed by atoms with E-state index in [4.69, 9.17) is 4.74 Å². The number of hydrogen-bond acceptors (Lipinski definition) is 4.